The topological polar surface area (TPSA) is 74.2 Å². The fraction of sp³-hybridized carbons (Fsp3) is 0.440. The van der Waals surface area contributed by atoms with Crippen molar-refractivity contribution < 1.29 is 19.0 Å². The molecule has 8 heteroatoms. The number of piperidine rings is 1. The zero-order valence-electron chi connectivity index (χ0n) is 18.7. The van der Waals surface area contributed by atoms with Gasteiger partial charge >= 0.3 is 5.97 Å². The summed E-state index contributed by atoms with van der Waals surface area (Å²) >= 11 is 3.40. The zero-order chi connectivity index (χ0) is 23.4. The molecular weight excluding hydrogens is 489 g/mol. The lowest BCUT2D eigenvalue weighted by Crippen LogP contribution is -2.51. The van der Waals surface area contributed by atoms with Crippen molar-refractivity contribution in [3.63, 3.8) is 0 Å². The second kappa shape index (κ2) is 10.5. The molecule has 1 saturated carbocycles. The molecule has 2 N–H and O–H groups in total. The molecule has 2 atom stereocenters. The number of hydrogen-bond donors (Lipinski definition) is 2. The third-order valence-corrected chi connectivity index (χ3v) is 7.08. The number of methoxy groups -OCH3 is 1. The van der Waals surface area contributed by atoms with Gasteiger partial charge in [0, 0.05) is 22.6 Å². The van der Waals surface area contributed by atoms with Crippen molar-refractivity contribution in [2.75, 3.05) is 19.0 Å². The van der Waals surface area contributed by atoms with Gasteiger partial charge in [-0.05, 0) is 68.0 Å². The molecular formula is C25H29BrFN3O3. The first-order chi connectivity index (χ1) is 16.0. The van der Waals surface area contributed by atoms with Crippen LogP contribution in [0.1, 0.15) is 54.4 Å². The molecule has 2 aromatic carbocycles. The van der Waals surface area contributed by atoms with Crippen molar-refractivity contribution in [1.82, 2.24) is 4.90 Å². The van der Waals surface area contributed by atoms with Crippen molar-refractivity contribution in [3.8, 4) is 5.75 Å². The molecule has 1 aliphatic heterocycles. The molecule has 0 bridgehead atoms. The Morgan fingerprint density at radius 1 is 1.21 bits per heavy atom. The number of anilines is 1. The van der Waals surface area contributed by atoms with Gasteiger partial charge < -0.3 is 20.1 Å². The third kappa shape index (κ3) is 5.49. The van der Waals surface area contributed by atoms with Crippen LogP contribution in [0.4, 0.5) is 10.1 Å². The second-order valence-electron chi connectivity index (χ2n) is 8.67. The molecule has 0 radical (unpaired) electrons. The minimum atomic E-state index is -0.488. The Morgan fingerprint density at radius 3 is 2.82 bits per heavy atom. The number of hydrogen-bond acceptors (Lipinski definition) is 4. The molecule has 0 aromatic heterocycles. The van der Waals surface area contributed by atoms with Crippen LogP contribution >= 0.6 is 15.9 Å². The van der Waals surface area contributed by atoms with Crippen molar-refractivity contribution in [2.24, 2.45) is 10.9 Å². The van der Waals surface area contributed by atoms with Crippen LogP contribution in [0.3, 0.4) is 0 Å². The smallest absolute Gasteiger partial charge is 0.337 e. The van der Waals surface area contributed by atoms with Gasteiger partial charge in [-0.15, -0.1) is 0 Å². The van der Waals surface area contributed by atoms with E-state index in [1.165, 1.54) is 51.0 Å². The van der Waals surface area contributed by atoms with E-state index in [2.05, 4.69) is 26.1 Å². The summed E-state index contributed by atoms with van der Waals surface area (Å²) < 4.78 is 20.0. The number of carbonyl (C=O) groups excluding carboxylic acids is 1. The molecule has 2 aromatic rings. The highest BCUT2D eigenvalue weighted by molar-refractivity contribution is 9.10. The summed E-state index contributed by atoms with van der Waals surface area (Å²) in [6.07, 6.45) is 6.98. The van der Waals surface area contributed by atoms with Crippen LogP contribution in [0.25, 0.3) is 0 Å². The summed E-state index contributed by atoms with van der Waals surface area (Å²) in [5.74, 6) is 0.394. The summed E-state index contributed by atoms with van der Waals surface area (Å²) in [5.41, 5.74) is 1.17. The monoisotopic (exact) mass is 517 g/mol. The Labute approximate surface area is 202 Å². The lowest BCUT2D eigenvalue weighted by atomic mass is 9.78. The van der Waals surface area contributed by atoms with E-state index in [0.29, 0.717) is 34.7 Å². The van der Waals surface area contributed by atoms with E-state index in [1.54, 1.807) is 18.2 Å². The molecule has 1 heterocycles. The van der Waals surface area contributed by atoms with E-state index >= 15 is 0 Å². The fourth-order valence-electron chi connectivity index (χ4n) is 4.92. The SMILES string of the molecule is COC(=O)c1ccc(O)c(NC(=NCc2cc(Br)ccc2F)N2CCCC3CCCCC32)c1. The van der Waals surface area contributed by atoms with Gasteiger partial charge in [0.25, 0.3) is 0 Å². The lowest BCUT2D eigenvalue weighted by molar-refractivity contribution is 0.0601. The summed E-state index contributed by atoms with van der Waals surface area (Å²) in [7, 11) is 1.32. The quantitative estimate of drug-likeness (QED) is 0.235. The Kier molecular flexibility index (Phi) is 7.53. The van der Waals surface area contributed by atoms with Crippen LogP contribution in [0.2, 0.25) is 0 Å². The first kappa shape index (κ1) is 23.5. The van der Waals surface area contributed by atoms with E-state index in [1.807, 2.05) is 0 Å². The number of esters is 1. The van der Waals surface area contributed by atoms with Crippen LogP contribution in [0.5, 0.6) is 5.75 Å². The number of rotatable bonds is 4. The van der Waals surface area contributed by atoms with Gasteiger partial charge in [-0.3, -0.25) is 0 Å². The van der Waals surface area contributed by atoms with Crippen molar-refractivity contribution in [2.45, 2.75) is 51.1 Å². The Bertz CT molecular complexity index is 1040. The molecule has 2 fully saturated rings. The maximum absolute atomic E-state index is 14.4. The first-order valence-electron chi connectivity index (χ1n) is 11.4. The Morgan fingerprint density at radius 2 is 2.00 bits per heavy atom. The van der Waals surface area contributed by atoms with Gasteiger partial charge in [0.1, 0.15) is 11.6 Å². The number of fused-ring (bicyclic) bond motifs is 1. The third-order valence-electron chi connectivity index (χ3n) is 6.59. The highest BCUT2D eigenvalue weighted by Gasteiger charge is 2.35. The molecule has 0 spiro atoms. The van der Waals surface area contributed by atoms with E-state index in [-0.39, 0.29) is 18.1 Å². The van der Waals surface area contributed by atoms with Crippen molar-refractivity contribution >= 4 is 33.5 Å². The summed E-state index contributed by atoms with van der Waals surface area (Å²) in [4.78, 5) is 19.1. The molecule has 0 amide bonds. The number of guanidine groups is 1. The average molecular weight is 518 g/mol. The number of carbonyl (C=O) groups is 1. The van der Waals surface area contributed by atoms with Gasteiger partial charge in [-0.1, -0.05) is 28.8 Å². The predicted molar refractivity (Wildman–Crippen MR) is 130 cm³/mol. The minimum Gasteiger partial charge on any atom is -0.506 e. The van der Waals surface area contributed by atoms with Crippen LogP contribution in [0, 0.1) is 11.7 Å². The molecule has 4 rings (SSSR count). The van der Waals surface area contributed by atoms with Gasteiger partial charge in [0.05, 0.1) is 24.9 Å². The van der Waals surface area contributed by atoms with Gasteiger partial charge in [-0.2, -0.15) is 0 Å². The fourth-order valence-corrected chi connectivity index (χ4v) is 5.32. The number of nitrogens with one attached hydrogen (secondary N) is 1. The molecule has 1 aliphatic carbocycles. The largest absolute Gasteiger partial charge is 0.506 e. The number of likely N-dealkylation sites (tertiary alicyclic amines) is 1. The molecule has 1 saturated heterocycles. The highest BCUT2D eigenvalue weighted by Crippen LogP contribution is 2.36. The summed E-state index contributed by atoms with van der Waals surface area (Å²) in [5, 5.41) is 13.7. The van der Waals surface area contributed by atoms with E-state index in [0.717, 1.165) is 23.9 Å². The number of phenols is 1. The van der Waals surface area contributed by atoms with Crippen LogP contribution in [-0.2, 0) is 11.3 Å². The molecule has 2 unspecified atom stereocenters. The van der Waals surface area contributed by atoms with Gasteiger partial charge in [0.2, 0.25) is 0 Å². The van der Waals surface area contributed by atoms with Crippen molar-refractivity contribution in [3.05, 3.63) is 57.8 Å². The number of ether oxygens (including phenoxy) is 1. The Balaban J connectivity index is 1.68. The van der Waals surface area contributed by atoms with E-state index < -0.39 is 5.97 Å². The van der Waals surface area contributed by atoms with Crippen LogP contribution in [0.15, 0.2) is 45.9 Å². The van der Waals surface area contributed by atoms with Crippen LogP contribution < -0.4 is 5.32 Å². The number of aliphatic imine (C=N–C) groups is 1. The average Bonchev–Trinajstić information content (AvgIpc) is 2.84. The number of benzene rings is 2. The van der Waals surface area contributed by atoms with E-state index in [9.17, 15) is 14.3 Å². The minimum absolute atomic E-state index is 0.00110. The van der Waals surface area contributed by atoms with Gasteiger partial charge in [-0.25, -0.2) is 14.2 Å². The molecule has 176 valence electrons. The maximum atomic E-state index is 14.4. The van der Waals surface area contributed by atoms with E-state index in [4.69, 9.17) is 9.73 Å². The molecule has 6 nitrogen and oxygen atoms in total. The normalized spacial score (nSPS) is 20.8. The Hall–Kier alpha value is -2.61. The number of phenolic OH excluding ortho intramolecular Hbond substituents is 1. The second-order valence-corrected chi connectivity index (χ2v) is 9.59. The van der Waals surface area contributed by atoms with Crippen molar-refractivity contribution in [1.29, 1.82) is 0 Å². The maximum Gasteiger partial charge on any atom is 0.337 e. The zero-order valence-corrected chi connectivity index (χ0v) is 20.3. The lowest BCUT2D eigenvalue weighted by Gasteiger charge is -2.45. The number of nitrogens with zero attached hydrogens (tertiary/aromatic N) is 2. The first-order valence-corrected chi connectivity index (χ1v) is 12.2. The predicted octanol–water partition coefficient (Wildman–Crippen LogP) is 5.70. The number of aromatic hydroxyl groups is 1. The molecule has 33 heavy (non-hydrogen) atoms. The highest BCUT2D eigenvalue weighted by atomic mass is 79.9. The number of halogens is 2. The summed E-state index contributed by atoms with van der Waals surface area (Å²) in [6, 6.07) is 9.69. The summed E-state index contributed by atoms with van der Waals surface area (Å²) in [6.45, 7) is 0.990. The molecule has 2 aliphatic rings. The van der Waals surface area contributed by atoms with Gasteiger partial charge in [0.15, 0.2) is 5.96 Å². The standard InChI is InChI=1S/C25H29BrFN3O3/c1-33-24(32)17-8-11-23(31)21(14-17)29-25(28-15-18-13-19(26)9-10-20(18)27)30-12-4-6-16-5-2-3-7-22(16)30/h8-11,13-14,16,22,31H,2-7,12,15H2,1H3,(H,28,29). The van der Waals surface area contributed by atoms with Crippen LogP contribution in [-0.4, -0.2) is 41.6 Å².